The lowest BCUT2D eigenvalue weighted by molar-refractivity contribution is 0.0683. The lowest BCUT2D eigenvalue weighted by Crippen LogP contribution is -2.39. The van der Waals surface area contributed by atoms with Crippen LogP contribution in [-0.4, -0.2) is 34.0 Å². The third-order valence-corrected chi connectivity index (χ3v) is 4.99. The van der Waals surface area contributed by atoms with Crippen LogP contribution in [-0.2, 0) is 12.0 Å². The van der Waals surface area contributed by atoms with Crippen LogP contribution in [0.2, 0.25) is 0 Å². The van der Waals surface area contributed by atoms with E-state index >= 15 is 0 Å². The number of aromatic nitrogens is 2. The first-order chi connectivity index (χ1) is 12.7. The van der Waals surface area contributed by atoms with Crippen molar-refractivity contribution in [1.29, 1.82) is 0 Å². The van der Waals surface area contributed by atoms with Gasteiger partial charge in [-0.3, -0.25) is 4.79 Å². The predicted octanol–water partition coefficient (Wildman–Crippen LogP) is 4.16. The van der Waals surface area contributed by atoms with Crippen molar-refractivity contribution < 1.29 is 9.32 Å². The number of hydrogen-bond donors (Lipinski definition) is 1. The van der Waals surface area contributed by atoms with Crippen LogP contribution in [0.15, 0.2) is 22.7 Å². The zero-order valence-corrected chi connectivity index (χ0v) is 17.0. The fourth-order valence-electron chi connectivity index (χ4n) is 3.35. The van der Waals surface area contributed by atoms with Gasteiger partial charge in [0.15, 0.2) is 5.82 Å². The Hall–Kier alpha value is -2.37. The Morgan fingerprint density at radius 2 is 2.15 bits per heavy atom. The Balaban J connectivity index is 1.64. The maximum Gasteiger partial charge on any atom is 0.253 e. The molecule has 1 aromatic carbocycles. The topological polar surface area (TPSA) is 71.3 Å². The number of nitrogens with zero attached hydrogens (tertiary/aromatic N) is 3. The summed E-state index contributed by atoms with van der Waals surface area (Å²) in [5.41, 5.74) is 2.61. The number of anilines is 1. The lowest BCUT2D eigenvalue weighted by Gasteiger charge is -2.31. The van der Waals surface area contributed by atoms with Crippen LogP contribution in [0.1, 0.15) is 68.2 Å². The zero-order chi connectivity index (χ0) is 19.6. The summed E-state index contributed by atoms with van der Waals surface area (Å²) in [6, 6.07) is 5.81. The van der Waals surface area contributed by atoms with Crippen molar-refractivity contribution in [2.45, 2.75) is 59.4 Å². The van der Waals surface area contributed by atoms with Crippen molar-refractivity contribution in [2.75, 3.05) is 18.4 Å². The maximum absolute atomic E-state index is 12.8. The SMILES string of the molecule is Cc1cc(C(=O)N2CCC[C@H](C)C2)ccc1NCc1nc(C(C)(C)C)no1. The van der Waals surface area contributed by atoms with Crippen LogP contribution < -0.4 is 5.32 Å². The number of benzene rings is 1. The van der Waals surface area contributed by atoms with E-state index in [0.29, 0.717) is 24.2 Å². The molecule has 2 aromatic rings. The van der Waals surface area contributed by atoms with Crippen molar-refractivity contribution >= 4 is 11.6 Å². The standard InChI is InChI=1S/C21H30N4O2/c1-14-7-6-10-25(13-14)19(26)16-8-9-17(15(2)11-16)22-12-18-23-20(24-27-18)21(3,4)5/h8-9,11,14,22H,6-7,10,12-13H2,1-5H3/t14-/m0/s1. The van der Waals surface area contributed by atoms with Crippen molar-refractivity contribution in [3.63, 3.8) is 0 Å². The van der Waals surface area contributed by atoms with Gasteiger partial charge < -0.3 is 14.7 Å². The molecule has 1 amide bonds. The highest BCUT2D eigenvalue weighted by Crippen LogP contribution is 2.22. The molecule has 6 nitrogen and oxygen atoms in total. The summed E-state index contributed by atoms with van der Waals surface area (Å²) in [5, 5.41) is 7.37. The van der Waals surface area contributed by atoms with Gasteiger partial charge in [0.2, 0.25) is 5.89 Å². The van der Waals surface area contributed by atoms with Gasteiger partial charge in [-0.15, -0.1) is 0 Å². The number of nitrogens with one attached hydrogen (secondary N) is 1. The number of rotatable bonds is 4. The summed E-state index contributed by atoms with van der Waals surface area (Å²) < 4.78 is 5.32. The smallest absolute Gasteiger partial charge is 0.253 e. The number of piperidine rings is 1. The summed E-state index contributed by atoms with van der Waals surface area (Å²) in [7, 11) is 0. The third-order valence-electron chi connectivity index (χ3n) is 4.99. The van der Waals surface area contributed by atoms with E-state index < -0.39 is 0 Å². The van der Waals surface area contributed by atoms with Gasteiger partial charge in [0.05, 0.1) is 6.54 Å². The van der Waals surface area contributed by atoms with Crippen LogP contribution in [0, 0.1) is 12.8 Å². The second-order valence-electron chi connectivity index (χ2n) is 8.64. The van der Waals surface area contributed by atoms with Gasteiger partial charge in [-0.05, 0) is 49.4 Å². The molecular weight excluding hydrogens is 340 g/mol. The third kappa shape index (κ3) is 4.67. The molecule has 1 aliphatic rings. The summed E-state index contributed by atoms with van der Waals surface area (Å²) >= 11 is 0. The first-order valence-electron chi connectivity index (χ1n) is 9.71. The van der Waals surface area contributed by atoms with E-state index in [2.05, 4.69) is 43.2 Å². The van der Waals surface area contributed by atoms with Crippen molar-refractivity contribution in [2.24, 2.45) is 5.92 Å². The Kier molecular flexibility index (Phi) is 5.53. The summed E-state index contributed by atoms with van der Waals surface area (Å²) in [4.78, 5) is 19.2. The van der Waals surface area contributed by atoms with Gasteiger partial charge in [0.25, 0.3) is 5.91 Å². The molecule has 0 unspecified atom stereocenters. The van der Waals surface area contributed by atoms with E-state index in [4.69, 9.17) is 4.52 Å². The second-order valence-corrected chi connectivity index (χ2v) is 8.64. The minimum absolute atomic E-state index is 0.128. The van der Waals surface area contributed by atoms with Crippen LogP contribution in [0.25, 0.3) is 0 Å². The fraction of sp³-hybridized carbons (Fsp3) is 0.571. The monoisotopic (exact) mass is 370 g/mol. The normalized spacial score (nSPS) is 17.8. The zero-order valence-electron chi connectivity index (χ0n) is 17.0. The Bertz CT molecular complexity index is 807. The highest BCUT2D eigenvalue weighted by molar-refractivity contribution is 5.95. The molecule has 146 valence electrons. The van der Waals surface area contributed by atoms with Crippen molar-refractivity contribution in [3.05, 3.63) is 41.0 Å². The molecule has 0 bridgehead atoms. The minimum atomic E-state index is -0.133. The number of likely N-dealkylation sites (tertiary alicyclic amines) is 1. The van der Waals surface area contributed by atoms with E-state index in [9.17, 15) is 4.79 Å². The molecule has 0 aliphatic carbocycles. The largest absolute Gasteiger partial charge is 0.376 e. The molecule has 1 N–H and O–H groups in total. The average molecular weight is 370 g/mol. The van der Waals surface area contributed by atoms with Crippen LogP contribution >= 0.6 is 0 Å². The molecule has 3 rings (SSSR count). The number of carbonyl (C=O) groups excluding carboxylic acids is 1. The summed E-state index contributed by atoms with van der Waals surface area (Å²) in [5.74, 6) is 1.97. The summed E-state index contributed by atoms with van der Waals surface area (Å²) in [6.45, 7) is 12.5. The molecule has 2 heterocycles. The minimum Gasteiger partial charge on any atom is -0.376 e. The van der Waals surface area contributed by atoms with Crippen molar-refractivity contribution in [1.82, 2.24) is 15.0 Å². The predicted molar refractivity (Wildman–Crippen MR) is 106 cm³/mol. The lowest BCUT2D eigenvalue weighted by atomic mass is 9.96. The van der Waals surface area contributed by atoms with Gasteiger partial charge in [-0.1, -0.05) is 32.9 Å². The van der Waals surface area contributed by atoms with Gasteiger partial charge in [-0.2, -0.15) is 4.98 Å². The molecule has 1 fully saturated rings. The summed E-state index contributed by atoms with van der Waals surface area (Å²) in [6.07, 6.45) is 2.30. The molecule has 0 spiro atoms. The number of hydrogen-bond acceptors (Lipinski definition) is 5. The second kappa shape index (κ2) is 7.71. The molecular formula is C21H30N4O2. The molecule has 1 aromatic heterocycles. The molecule has 1 aliphatic heterocycles. The van der Waals surface area contributed by atoms with Crippen molar-refractivity contribution in [3.8, 4) is 0 Å². The first kappa shape index (κ1) is 19.4. The Morgan fingerprint density at radius 3 is 2.78 bits per heavy atom. The Labute approximate surface area is 161 Å². The van der Waals surface area contributed by atoms with Gasteiger partial charge in [-0.25, -0.2) is 0 Å². The number of aryl methyl sites for hydroxylation is 1. The average Bonchev–Trinajstić information content (AvgIpc) is 3.09. The van der Waals surface area contributed by atoms with Gasteiger partial charge >= 0.3 is 0 Å². The number of carbonyl (C=O) groups is 1. The van der Waals surface area contributed by atoms with Gasteiger partial charge in [0.1, 0.15) is 0 Å². The highest BCUT2D eigenvalue weighted by atomic mass is 16.5. The molecule has 1 atom stereocenters. The quantitative estimate of drug-likeness (QED) is 0.875. The maximum atomic E-state index is 12.8. The first-order valence-corrected chi connectivity index (χ1v) is 9.71. The molecule has 27 heavy (non-hydrogen) atoms. The van der Waals surface area contributed by atoms with Crippen LogP contribution in [0.3, 0.4) is 0 Å². The molecule has 1 saturated heterocycles. The molecule has 0 radical (unpaired) electrons. The van der Waals surface area contributed by atoms with Gasteiger partial charge in [0, 0.05) is 29.8 Å². The molecule has 6 heteroatoms. The molecule has 0 saturated carbocycles. The van der Waals surface area contributed by atoms with E-state index in [1.165, 1.54) is 6.42 Å². The fourth-order valence-corrected chi connectivity index (χ4v) is 3.35. The van der Waals surface area contributed by atoms with E-state index in [1.54, 1.807) is 0 Å². The van der Waals surface area contributed by atoms with Crippen LogP contribution in [0.4, 0.5) is 5.69 Å². The van der Waals surface area contributed by atoms with E-state index in [0.717, 1.165) is 36.3 Å². The van der Waals surface area contributed by atoms with Crippen LogP contribution in [0.5, 0.6) is 0 Å². The van der Waals surface area contributed by atoms with E-state index in [-0.39, 0.29) is 11.3 Å². The highest BCUT2D eigenvalue weighted by Gasteiger charge is 2.23. The van der Waals surface area contributed by atoms with E-state index in [1.807, 2.05) is 30.0 Å². The Morgan fingerprint density at radius 1 is 1.37 bits per heavy atom. The number of amides is 1.